The SMILES string of the molecule is CN=C1c2cccc3cccc(c23)C1(O)Cc1ccccc1. The zero-order chi connectivity index (χ0) is 15.2. The number of aliphatic hydroxyl groups is 1. The third kappa shape index (κ3) is 1.74. The quantitative estimate of drug-likeness (QED) is 0.766. The molecule has 0 radical (unpaired) electrons. The number of aliphatic imine (C=N–C) groups is 1. The van der Waals surface area contributed by atoms with Crippen LogP contribution >= 0.6 is 0 Å². The molecule has 2 nitrogen and oxygen atoms in total. The highest BCUT2D eigenvalue weighted by molar-refractivity contribution is 6.21. The number of nitrogens with zero attached hydrogens (tertiary/aromatic N) is 1. The highest BCUT2D eigenvalue weighted by Gasteiger charge is 2.43. The number of rotatable bonds is 2. The predicted molar refractivity (Wildman–Crippen MR) is 90.5 cm³/mol. The van der Waals surface area contributed by atoms with Crippen LogP contribution in [-0.2, 0) is 12.0 Å². The van der Waals surface area contributed by atoms with Crippen LogP contribution < -0.4 is 0 Å². The molecule has 0 fully saturated rings. The molecular weight excluding hydrogens is 270 g/mol. The minimum absolute atomic E-state index is 0.536. The molecule has 0 spiro atoms. The Balaban J connectivity index is 1.96. The maximum atomic E-state index is 11.5. The lowest BCUT2D eigenvalue weighted by Crippen LogP contribution is -2.35. The van der Waals surface area contributed by atoms with Crippen molar-refractivity contribution in [1.82, 2.24) is 0 Å². The van der Waals surface area contributed by atoms with Gasteiger partial charge < -0.3 is 5.11 Å². The molecule has 0 heterocycles. The standard InChI is InChI=1S/C20H17NO/c1-21-19-16-11-5-9-15-10-6-12-17(18(15)16)20(19,22)13-14-7-3-2-4-8-14/h2-12,22H,13H2,1H3. The highest BCUT2D eigenvalue weighted by atomic mass is 16.3. The molecule has 2 heteroatoms. The molecule has 1 atom stereocenters. The monoisotopic (exact) mass is 287 g/mol. The number of hydrogen-bond donors (Lipinski definition) is 1. The normalized spacial score (nSPS) is 21.6. The Morgan fingerprint density at radius 2 is 1.64 bits per heavy atom. The first-order chi connectivity index (χ1) is 10.7. The highest BCUT2D eigenvalue weighted by Crippen LogP contribution is 2.43. The van der Waals surface area contributed by atoms with Gasteiger partial charge in [-0.15, -0.1) is 0 Å². The summed E-state index contributed by atoms with van der Waals surface area (Å²) in [5.41, 5.74) is 2.83. The molecule has 108 valence electrons. The van der Waals surface area contributed by atoms with Crippen molar-refractivity contribution in [3.63, 3.8) is 0 Å². The first-order valence-electron chi connectivity index (χ1n) is 7.50. The molecule has 0 bridgehead atoms. The van der Waals surface area contributed by atoms with Gasteiger partial charge in [-0.3, -0.25) is 4.99 Å². The fraction of sp³-hybridized carbons (Fsp3) is 0.150. The summed E-state index contributed by atoms with van der Waals surface area (Å²) >= 11 is 0. The number of hydrogen-bond acceptors (Lipinski definition) is 2. The maximum absolute atomic E-state index is 11.5. The van der Waals surface area contributed by atoms with E-state index in [1.807, 2.05) is 48.5 Å². The van der Waals surface area contributed by atoms with Crippen molar-refractivity contribution < 1.29 is 5.11 Å². The average molecular weight is 287 g/mol. The largest absolute Gasteiger partial charge is 0.378 e. The lowest BCUT2D eigenvalue weighted by atomic mass is 9.86. The summed E-state index contributed by atoms with van der Waals surface area (Å²) in [6, 6.07) is 22.4. The fourth-order valence-electron chi connectivity index (χ4n) is 3.61. The van der Waals surface area contributed by atoms with E-state index in [-0.39, 0.29) is 0 Å². The second kappa shape index (κ2) is 4.79. The van der Waals surface area contributed by atoms with Crippen LogP contribution in [0.15, 0.2) is 71.7 Å². The van der Waals surface area contributed by atoms with E-state index in [2.05, 4.69) is 23.2 Å². The Morgan fingerprint density at radius 3 is 2.36 bits per heavy atom. The molecule has 1 N–H and O–H groups in total. The van der Waals surface area contributed by atoms with Crippen LogP contribution in [0.3, 0.4) is 0 Å². The van der Waals surface area contributed by atoms with Crippen molar-refractivity contribution >= 4 is 16.5 Å². The summed E-state index contributed by atoms with van der Waals surface area (Å²) in [5.74, 6) is 0. The average Bonchev–Trinajstić information content (AvgIpc) is 2.79. The first-order valence-corrected chi connectivity index (χ1v) is 7.50. The summed E-state index contributed by atoms with van der Waals surface area (Å²) in [6.45, 7) is 0. The van der Waals surface area contributed by atoms with Gasteiger partial charge in [-0.05, 0) is 21.9 Å². The minimum atomic E-state index is -1.06. The Kier molecular flexibility index (Phi) is 2.88. The summed E-state index contributed by atoms with van der Waals surface area (Å²) in [7, 11) is 1.76. The van der Waals surface area contributed by atoms with Crippen LogP contribution in [-0.4, -0.2) is 17.9 Å². The van der Waals surface area contributed by atoms with Crippen LogP contribution in [0, 0.1) is 0 Å². The Labute approximate surface area is 129 Å². The van der Waals surface area contributed by atoms with E-state index in [1.54, 1.807) is 7.05 Å². The van der Waals surface area contributed by atoms with Gasteiger partial charge in [-0.1, -0.05) is 66.7 Å². The van der Waals surface area contributed by atoms with Crippen molar-refractivity contribution in [1.29, 1.82) is 0 Å². The van der Waals surface area contributed by atoms with Gasteiger partial charge in [-0.2, -0.15) is 0 Å². The van der Waals surface area contributed by atoms with Crippen LogP contribution in [0.4, 0.5) is 0 Å². The van der Waals surface area contributed by atoms with E-state index in [4.69, 9.17) is 0 Å². The van der Waals surface area contributed by atoms with E-state index in [9.17, 15) is 5.11 Å². The Hall–Kier alpha value is -2.45. The van der Waals surface area contributed by atoms with E-state index in [0.29, 0.717) is 6.42 Å². The third-order valence-corrected chi connectivity index (χ3v) is 4.52. The van der Waals surface area contributed by atoms with E-state index in [1.165, 1.54) is 0 Å². The smallest absolute Gasteiger partial charge is 0.136 e. The minimum Gasteiger partial charge on any atom is -0.378 e. The van der Waals surface area contributed by atoms with Gasteiger partial charge in [0.25, 0.3) is 0 Å². The van der Waals surface area contributed by atoms with Crippen LogP contribution in [0.5, 0.6) is 0 Å². The zero-order valence-electron chi connectivity index (χ0n) is 12.5. The van der Waals surface area contributed by atoms with E-state index in [0.717, 1.165) is 33.2 Å². The van der Waals surface area contributed by atoms with Gasteiger partial charge in [-0.25, -0.2) is 0 Å². The molecule has 3 aromatic rings. The zero-order valence-corrected chi connectivity index (χ0v) is 12.5. The molecule has 1 aliphatic carbocycles. The Morgan fingerprint density at radius 1 is 0.909 bits per heavy atom. The molecule has 1 unspecified atom stereocenters. The van der Waals surface area contributed by atoms with Crippen LogP contribution in [0.1, 0.15) is 16.7 Å². The second-order valence-corrected chi connectivity index (χ2v) is 5.80. The third-order valence-electron chi connectivity index (χ3n) is 4.52. The molecule has 0 saturated carbocycles. The molecule has 0 aromatic heterocycles. The van der Waals surface area contributed by atoms with Gasteiger partial charge in [0.2, 0.25) is 0 Å². The molecule has 22 heavy (non-hydrogen) atoms. The van der Waals surface area contributed by atoms with Gasteiger partial charge in [0.1, 0.15) is 5.60 Å². The topological polar surface area (TPSA) is 32.6 Å². The molecule has 0 saturated heterocycles. The van der Waals surface area contributed by atoms with Crippen molar-refractivity contribution in [2.24, 2.45) is 4.99 Å². The molecule has 3 aromatic carbocycles. The lowest BCUT2D eigenvalue weighted by molar-refractivity contribution is 0.116. The van der Waals surface area contributed by atoms with E-state index < -0.39 is 5.60 Å². The number of benzene rings is 3. The fourth-order valence-corrected chi connectivity index (χ4v) is 3.61. The molecule has 0 amide bonds. The van der Waals surface area contributed by atoms with E-state index >= 15 is 0 Å². The summed E-state index contributed by atoms with van der Waals surface area (Å²) in [6.07, 6.45) is 0.536. The van der Waals surface area contributed by atoms with Gasteiger partial charge >= 0.3 is 0 Å². The predicted octanol–water partition coefficient (Wildman–Crippen LogP) is 3.70. The maximum Gasteiger partial charge on any atom is 0.136 e. The van der Waals surface area contributed by atoms with Gasteiger partial charge in [0, 0.05) is 19.0 Å². The molecule has 0 aliphatic heterocycles. The second-order valence-electron chi connectivity index (χ2n) is 5.80. The van der Waals surface area contributed by atoms with Gasteiger partial charge in [0.15, 0.2) is 0 Å². The van der Waals surface area contributed by atoms with Crippen molar-refractivity contribution in [2.75, 3.05) is 7.05 Å². The van der Waals surface area contributed by atoms with Crippen molar-refractivity contribution in [3.8, 4) is 0 Å². The molecule has 4 rings (SSSR count). The van der Waals surface area contributed by atoms with Crippen LogP contribution in [0.25, 0.3) is 10.8 Å². The van der Waals surface area contributed by atoms with Crippen LogP contribution in [0.2, 0.25) is 0 Å². The Bertz CT molecular complexity index is 877. The van der Waals surface area contributed by atoms with Crippen molar-refractivity contribution in [2.45, 2.75) is 12.0 Å². The van der Waals surface area contributed by atoms with Crippen molar-refractivity contribution in [3.05, 3.63) is 83.4 Å². The van der Waals surface area contributed by atoms with Gasteiger partial charge in [0.05, 0.1) is 5.71 Å². The molecular formula is C20H17NO. The molecule has 1 aliphatic rings. The summed E-state index contributed by atoms with van der Waals surface area (Å²) in [4.78, 5) is 4.44. The lowest BCUT2D eigenvalue weighted by Gasteiger charge is -2.25. The summed E-state index contributed by atoms with van der Waals surface area (Å²) < 4.78 is 0. The first kappa shape index (κ1) is 13.2. The summed E-state index contributed by atoms with van der Waals surface area (Å²) in [5, 5.41) is 13.8.